The molecule has 1 rings (SSSR count). The zero-order chi connectivity index (χ0) is 11.3. The smallest absolute Gasteiger partial charge is 0.319 e. The molecule has 0 aliphatic carbocycles. The molecule has 0 aromatic rings. The lowest BCUT2D eigenvalue weighted by atomic mass is 10.2. The van der Waals surface area contributed by atoms with Crippen molar-refractivity contribution in [1.82, 2.24) is 0 Å². The topological polar surface area (TPSA) is 26.3 Å². The average Bonchev–Trinajstić information content (AvgIpc) is 2.18. The van der Waals surface area contributed by atoms with Crippen molar-refractivity contribution in [1.29, 1.82) is 0 Å². The molecule has 1 heterocycles. The first-order valence-corrected chi connectivity index (χ1v) is 7.52. The van der Waals surface area contributed by atoms with Gasteiger partial charge in [-0.2, -0.15) is 11.8 Å². The maximum atomic E-state index is 11.4. The zero-order valence-electron chi connectivity index (χ0n) is 9.69. The van der Waals surface area contributed by atoms with Crippen LogP contribution < -0.4 is 0 Å². The van der Waals surface area contributed by atoms with E-state index < -0.39 is 0 Å². The van der Waals surface area contributed by atoms with Gasteiger partial charge in [0.25, 0.3) is 0 Å². The Hall–Kier alpha value is 0.170. The van der Waals surface area contributed by atoms with Crippen molar-refractivity contribution >= 4 is 29.5 Å². The van der Waals surface area contributed by atoms with Crippen LogP contribution in [0.5, 0.6) is 0 Å². The summed E-state index contributed by atoms with van der Waals surface area (Å²) in [6.45, 7) is 7.22. The summed E-state index contributed by atoms with van der Waals surface area (Å²) in [6.07, 6.45) is 2.01. The van der Waals surface area contributed by atoms with Crippen LogP contribution in [0.15, 0.2) is 0 Å². The molecule has 15 heavy (non-hydrogen) atoms. The first kappa shape index (κ1) is 13.2. The molecule has 1 saturated heterocycles. The lowest BCUT2D eigenvalue weighted by Gasteiger charge is -2.23. The normalized spacial score (nSPS) is 24.0. The van der Waals surface area contributed by atoms with E-state index in [0.29, 0.717) is 17.1 Å². The Morgan fingerprint density at radius 2 is 2.20 bits per heavy atom. The molecule has 0 saturated carbocycles. The molecule has 0 N–H and O–H groups in total. The molecule has 2 nitrogen and oxygen atoms in total. The first-order chi connectivity index (χ1) is 7.09. The Balaban J connectivity index is 2.23. The van der Waals surface area contributed by atoms with Crippen LogP contribution in [0.25, 0.3) is 0 Å². The standard InChI is InChI=1S/C11H20O2S2/c1-8(2)14-7-9(3)15-10-5-4-6-13-11(10)12/h8-10H,4-7H2,1-3H3. The van der Waals surface area contributed by atoms with Crippen molar-refractivity contribution in [2.45, 2.75) is 49.4 Å². The van der Waals surface area contributed by atoms with E-state index in [1.165, 1.54) is 0 Å². The number of carbonyl (C=O) groups is 1. The molecule has 2 atom stereocenters. The summed E-state index contributed by atoms with van der Waals surface area (Å²) in [4.78, 5) is 11.4. The van der Waals surface area contributed by atoms with E-state index in [1.54, 1.807) is 11.8 Å². The number of ether oxygens (including phenoxy) is 1. The molecule has 1 aliphatic rings. The third-order valence-electron chi connectivity index (χ3n) is 2.18. The van der Waals surface area contributed by atoms with Crippen molar-refractivity contribution in [2.24, 2.45) is 0 Å². The maximum Gasteiger partial charge on any atom is 0.319 e. The van der Waals surface area contributed by atoms with Gasteiger partial charge in [-0.3, -0.25) is 4.79 Å². The zero-order valence-corrected chi connectivity index (χ0v) is 11.3. The second-order valence-corrected chi connectivity index (χ2v) is 7.38. The second kappa shape index (κ2) is 6.69. The summed E-state index contributed by atoms with van der Waals surface area (Å²) >= 11 is 3.73. The van der Waals surface area contributed by atoms with Gasteiger partial charge in [0.2, 0.25) is 0 Å². The number of thioether (sulfide) groups is 2. The van der Waals surface area contributed by atoms with Crippen LogP contribution in [0.3, 0.4) is 0 Å². The molecular formula is C11H20O2S2. The molecule has 0 bridgehead atoms. The molecule has 1 aliphatic heterocycles. The summed E-state index contributed by atoms with van der Waals surface area (Å²) in [5, 5.41) is 1.29. The van der Waals surface area contributed by atoms with E-state index in [9.17, 15) is 4.79 Å². The number of hydrogen-bond acceptors (Lipinski definition) is 4. The Morgan fingerprint density at radius 1 is 1.47 bits per heavy atom. The summed E-state index contributed by atoms with van der Waals surface area (Å²) < 4.78 is 5.05. The van der Waals surface area contributed by atoms with E-state index in [1.807, 2.05) is 11.8 Å². The van der Waals surface area contributed by atoms with Gasteiger partial charge in [0.15, 0.2) is 0 Å². The second-order valence-electron chi connectivity index (χ2n) is 4.13. The fourth-order valence-corrected chi connectivity index (χ4v) is 3.67. The third-order valence-corrected chi connectivity index (χ3v) is 5.14. The van der Waals surface area contributed by atoms with Crippen LogP contribution >= 0.6 is 23.5 Å². The molecule has 4 heteroatoms. The van der Waals surface area contributed by atoms with Crippen LogP contribution in [0.4, 0.5) is 0 Å². The van der Waals surface area contributed by atoms with Gasteiger partial charge >= 0.3 is 5.97 Å². The van der Waals surface area contributed by atoms with Gasteiger partial charge in [-0.05, 0) is 18.1 Å². The van der Waals surface area contributed by atoms with Gasteiger partial charge in [0, 0.05) is 11.0 Å². The minimum absolute atomic E-state index is 0.00681. The minimum atomic E-state index is -0.00681. The summed E-state index contributed by atoms with van der Waals surface area (Å²) in [6, 6.07) is 0. The molecule has 1 fully saturated rings. The van der Waals surface area contributed by atoms with Crippen LogP contribution in [0, 0.1) is 0 Å². The van der Waals surface area contributed by atoms with Crippen molar-refractivity contribution < 1.29 is 9.53 Å². The molecule has 0 amide bonds. The molecule has 0 aromatic heterocycles. The molecule has 0 aromatic carbocycles. The van der Waals surface area contributed by atoms with Crippen LogP contribution in [-0.4, -0.2) is 34.1 Å². The van der Waals surface area contributed by atoms with E-state index >= 15 is 0 Å². The number of carbonyl (C=O) groups excluding carboxylic acids is 1. The van der Waals surface area contributed by atoms with E-state index in [2.05, 4.69) is 20.8 Å². The van der Waals surface area contributed by atoms with Crippen LogP contribution in [-0.2, 0) is 9.53 Å². The fourth-order valence-electron chi connectivity index (χ4n) is 1.42. The van der Waals surface area contributed by atoms with Crippen LogP contribution in [0.2, 0.25) is 0 Å². The van der Waals surface area contributed by atoms with Crippen molar-refractivity contribution in [3.05, 3.63) is 0 Å². The minimum Gasteiger partial charge on any atom is -0.465 e. The molecule has 88 valence electrons. The third kappa shape index (κ3) is 5.16. The predicted molar refractivity (Wildman–Crippen MR) is 68.6 cm³/mol. The molecule has 0 spiro atoms. The Labute approximate surface area is 101 Å². The number of hydrogen-bond donors (Lipinski definition) is 0. The highest BCUT2D eigenvalue weighted by atomic mass is 32.2. The summed E-state index contributed by atoms with van der Waals surface area (Å²) in [5.74, 6) is 1.11. The van der Waals surface area contributed by atoms with Gasteiger partial charge < -0.3 is 4.74 Å². The van der Waals surface area contributed by atoms with E-state index in [0.717, 1.165) is 18.6 Å². The van der Waals surface area contributed by atoms with E-state index in [-0.39, 0.29) is 11.2 Å². The number of esters is 1. The Bertz CT molecular complexity index is 207. The highest BCUT2D eigenvalue weighted by Crippen LogP contribution is 2.28. The molecular weight excluding hydrogens is 228 g/mol. The van der Waals surface area contributed by atoms with Crippen molar-refractivity contribution in [3.63, 3.8) is 0 Å². The van der Waals surface area contributed by atoms with E-state index in [4.69, 9.17) is 4.74 Å². The molecule has 0 radical (unpaired) electrons. The maximum absolute atomic E-state index is 11.4. The number of cyclic esters (lactones) is 1. The van der Waals surface area contributed by atoms with Crippen LogP contribution in [0.1, 0.15) is 33.6 Å². The summed E-state index contributed by atoms with van der Waals surface area (Å²) in [7, 11) is 0. The number of rotatable bonds is 5. The highest BCUT2D eigenvalue weighted by Gasteiger charge is 2.26. The molecule has 2 unspecified atom stereocenters. The van der Waals surface area contributed by atoms with Crippen molar-refractivity contribution in [2.75, 3.05) is 12.4 Å². The fraction of sp³-hybridized carbons (Fsp3) is 0.909. The largest absolute Gasteiger partial charge is 0.465 e. The average molecular weight is 248 g/mol. The van der Waals surface area contributed by atoms with Gasteiger partial charge in [-0.1, -0.05) is 20.8 Å². The quantitative estimate of drug-likeness (QED) is 0.699. The predicted octanol–water partition coefficient (Wildman–Crippen LogP) is 2.96. The van der Waals surface area contributed by atoms with Crippen molar-refractivity contribution in [3.8, 4) is 0 Å². The Morgan fingerprint density at radius 3 is 2.80 bits per heavy atom. The highest BCUT2D eigenvalue weighted by molar-refractivity contribution is 8.04. The first-order valence-electron chi connectivity index (χ1n) is 5.53. The van der Waals surface area contributed by atoms with Gasteiger partial charge in [0.1, 0.15) is 5.25 Å². The SMILES string of the molecule is CC(C)SCC(C)SC1CCCOC1=O. The monoisotopic (exact) mass is 248 g/mol. The lowest BCUT2D eigenvalue weighted by Crippen LogP contribution is -2.28. The Kier molecular flexibility index (Phi) is 5.90. The van der Waals surface area contributed by atoms with Gasteiger partial charge in [-0.15, -0.1) is 11.8 Å². The van der Waals surface area contributed by atoms with Gasteiger partial charge in [0.05, 0.1) is 6.61 Å². The summed E-state index contributed by atoms with van der Waals surface area (Å²) in [5.41, 5.74) is 0. The lowest BCUT2D eigenvalue weighted by molar-refractivity contribution is -0.145. The van der Waals surface area contributed by atoms with Gasteiger partial charge in [-0.25, -0.2) is 0 Å².